The van der Waals surface area contributed by atoms with Crippen LogP contribution < -0.4 is 0 Å². The summed E-state index contributed by atoms with van der Waals surface area (Å²) in [6, 6.07) is 20.0. The summed E-state index contributed by atoms with van der Waals surface area (Å²) in [4.78, 5) is 0. The zero-order chi connectivity index (χ0) is 15.2. The van der Waals surface area contributed by atoms with Gasteiger partial charge in [0.2, 0.25) is 0 Å². The first-order valence-electron chi connectivity index (χ1n) is 8.18. The van der Waals surface area contributed by atoms with E-state index in [0.717, 1.165) is 24.0 Å². The molecule has 2 aliphatic rings. The SMILES string of the molecule is C[C@@H]1CC[C@@H]2O[C@]2(C(O)(c2ccccc2)c2ccccc2)C1. The lowest BCUT2D eigenvalue weighted by Gasteiger charge is -2.39. The van der Waals surface area contributed by atoms with E-state index >= 15 is 0 Å². The summed E-state index contributed by atoms with van der Waals surface area (Å²) in [5.41, 5.74) is 0.318. The number of benzene rings is 2. The maximum atomic E-state index is 11.9. The summed E-state index contributed by atoms with van der Waals surface area (Å²) in [6.07, 6.45) is 3.32. The monoisotopic (exact) mass is 294 g/mol. The second-order valence-corrected chi connectivity index (χ2v) is 6.83. The van der Waals surface area contributed by atoms with Gasteiger partial charge < -0.3 is 9.84 Å². The highest BCUT2D eigenvalue weighted by atomic mass is 16.6. The van der Waals surface area contributed by atoms with Crippen molar-refractivity contribution in [2.75, 3.05) is 0 Å². The topological polar surface area (TPSA) is 32.8 Å². The molecule has 1 heterocycles. The number of ether oxygens (including phenoxy) is 1. The van der Waals surface area contributed by atoms with E-state index in [-0.39, 0.29) is 6.10 Å². The molecule has 2 nitrogen and oxygen atoms in total. The van der Waals surface area contributed by atoms with E-state index in [9.17, 15) is 5.11 Å². The summed E-state index contributed by atoms with van der Waals surface area (Å²) in [5.74, 6) is 0.581. The van der Waals surface area contributed by atoms with Crippen molar-refractivity contribution >= 4 is 0 Å². The molecule has 0 spiro atoms. The lowest BCUT2D eigenvalue weighted by atomic mass is 9.67. The van der Waals surface area contributed by atoms with E-state index in [0.29, 0.717) is 5.92 Å². The molecule has 2 aromatic carbocycles. The van der Waals surface area contributed by atoms with Crippen molar-refractivity contribution in [3.05, 3.63) is 71.8 Å². The largest absolute Gasteiger partial charge is 0.377 e. The molecule has 4 rings (SSSR count). The first-order chi connectivity index (χ1) is 10.7. The molecule has 2 fully saturated rings. The molecule has 0 bridgehead atoms. The van der Waals surface area contributed by atoms with Crippen molar-refractivity contribution in [2.24, 2.45) is 5.92 Å². The molecule has 2 heteroatoms. The fourth-order valence-electron chi connectivity index (χ4n) is 4.23. The number of fused-ring (bicyclic) bond motifs is 1. The highest BCUT2D eigenvalue weighted by molar-refractivity contribution is 5.43. The highest BCUT2D eigenvalue weighted by Crippen LogP contribution is 2.61. The number of rotatable bonds is 3. The average molecular weight is 294 g/mol. The van der Waals surface area contributed by atoms with Gasteiger partial charge in [0.1, 0.15) is 11.2 Å². The van der Waals surface area contributed by atoms with E-state index in [1.807, 2.05) is 60.7 Å². The Morgan fingerprint density at radius 1 is 0.955 bits per heavy atom. The van der Waals surface area contributed by atoms with Crippen LogP contribution in [0.25, 0.3) is 0 Å². The summed E-state index contributed by atoms with van der Waals surface area (Å²) >= 11 is 0. The van der Waals surface area contributed by atoms with Gasteiger partial charge in [-0.05, 0) is 36.3 Å². The molecule has 2 aromatic rings. The summed E-state index contributed by atoms with van der Waals surface area (Å²) in [5, 5.41) is 11.9. The molecule has 1 aliphatic carbocycles. The van der Waals surface area contributed by atoms with Crippen molar-refractivity contribution < 1.29 is 9.84 Å². The standard InChI is InChI=1S/C20H22O2/c1-15-12-13-18-19(14-15,22-18)20(21,16-8-4-2-5-9-16)17-10-6-3-7-11-17/h2-11,15,18,21H,12-14H2,1H3/t15-,18+,19-/m1/s1. The summed E-state index contributed by atoms with van der Waals surface area (Å²) in [7, 11) is 0. The molecular formula is C20H22O2. The van der Waals surface area contributed by atoms with Crippen LogP contribution in [0.3, 0.4) is 0 Å². The molecule has 0 aromatic heterocycles. The Balaban J connectivity index is 1.87. The number of hydrogen-bond acceptors (Lipinski definition) is 2. The van der Waals surface area contributed by atoms with Crippen LogP contribution in [0.15, 0.2) is 60.7 Å². The molecular weight excluding hydrogens is 272 g/mol. The number of hydrogen-bond donors (Lipinski definition) is 1. The van der Waals surface area contributed by atoms with Crippen LogP contribution in [-0.2, 0) is 10.3 Å². The predicted molar refractivity (Wildman–Crippen MR) is 86.5 cm³/mol. The quantitative estimate of drug-likeness (QED) is 0.871. The van der Waals surface area contributed by atoms with Gasteiger partial charge in [-0.15, -0.1) is 0 Å². The van der Waals surface area contributed by atoms with Crippen molar-refractivity contribution in [2.45, 2.75) is 43.5 Å². The molecule has 3 atom stereocenters. The van der Waals surface area contributed by atoms with Crippen LogP contribution in [-0.4, -0.2) is 16.8 Å². The fraction of sp³-hybridized carbons (Fsp3) is 0.400. The molecule has 0 radical (unpaired) electrons. The molecule has 1 saturated heterocycles. The second-order valence-electron chi connectivity index (χ2n) is 6.83. The summed E-state index contributed by atoms with van der Waals surface area (Å²) < 4.78 is 6.16. The maximum Gasteiger partial charge on any atom is 0.146 e. The first kappa shape index (κ1) is 14.0. The molecule has 22 heavy (non-hydrogen) atoms. The van der Waals surface area contributed by atoms with Gasteiger partial charge in [0, 0.05) is 0 Å². The lowest BCUT2D eigenvalue weighted by molar-refractivity contribution is -0.0198. The van der Waals surface area contributed by atoms with Gasteiger partial charge in [-0.3, -0.25) is 0 Å². The fourth-order valence-corrected chi connectivity index (χ4v) is 4.23. The van der Waals surface area contributed by atoms with Crippen LogP contribution in [0, 0.1) is 5.92 Å². The van der Waals surface area contributed by atoms with Gasteiger partial charge in [-0.25, -0.2) is 0 Å². The van der Waals surface area contributed by atoms with Crippen LogP contribution in [0.2, 0.25) is 0 Å². The third kappa shape index (κ3) is 1.87. The van der Waals surface area contributed by atoms with Gasteiger partial charge in [0.25, 0.3) is 0 Å². The van der Waals surface area contributed by atoms with Crippen LogP contribution in [0.1, 0.15) is 37.3 Å². The Bertz CT molecular complexity index is 612. The van der Waals surface area contributed by atoms with Crippen molar-refractivity contribution in [3.8, 4) is 0 Å². The summed E-state index contributed by atoms with van der Waals surface area (Å²) in [6.45, 7) is 2.26. The van der Waals surface area contributed by atoms with Crippen LogP contribution >= 0.6 is 0 Å². The maximum absolute atomic E-state index is 11.9. The molecule has 0 unspecified atom stereocenters. The van der Waals surface area contributed by atoms with Gasteiger partial charge in [0.05, 0.1) is 6.10 Å². The van der Waals surface area contributed by atoms with Crippen molar-refractivity contribution in [3.63, 3.8) is 0 Å². The predicted octanol–water partition coefficient (Wildman–Crippen LogP) is 3.88. The Labute approximate surface area is 131 Å². The molecule has 1 aliphatic heterocycles. The van der Waals surface area contributed by atoms with Crippen LogP contribution in [0.5, 0.6) is 0 Å². The Kier molecular flexibility index (Phi) is 3.14. The minimum Gasteiger partial charge on any atom is -0.377 e. The van der Waals surface area contributed by atoms with Crippen LogP contribution in [0.4, 0.5) is 0 Å². The Morgan fingerprint density at radius 2 is 1.50 bits per heavy atom. The first-order valence-corrected chi connectivity index (χ1v) is 8.18. The Morgan fingerprint density at radius 3 is 2.05 bits per heavy atom. The number of epoxide rings is 1. The molecule has 0 amide bonds. The van der Waals surface area contributed by atoms with E-state index in [2.05, 4.69) is 6.92 Å². The second kappa shape index (κ2) is 4.94. The average Bonchev–Trinajstić information content (AvgIpc) is 3.31. The zero-order valence-electron chi connectivity index (χ0n) is 12.9. The van der Waals surface area contributed by atoms with E-state index in [1.165, 1.54) is 6.42 Å². The van der Waals surface area contributed by atoms with E-state index < -0.39 is 11.2 Å². The molecule has 1 N–H and O–H groups in total. The minimum absolute atomic E-state index is 0.175. The number of aliphatic hydroxyl groups is 1. The molecule has 1 saturated carbocycles. The zero-order valence-corrected chi connectivity index (χ0v) is 12.9. The normalized spacial score (nSPS) is 30.6. The third-order valence-electron chi connectivity index (χ3n) is 5.38. The lowest BCUT2D eigenvalue weighted by Crippen LogP contribution is -2.47. The smallest absolute Gasteiger partial charge is 0.146 e. The molecule has 114 valence electrons. The van der Waals surface area contributed by atoms with Crippen molar-refractivity contribution in [1.82, 2.24) is 0 Å². The van der Waals surface area contributed by atoms with Gasteiger partial charge in [0.15, 0.2) is 0 Å². The van der Waals surface area contributed by atoms with Crippen molar-refractivity contribution in [1.29, 1.82) is 0 Å². The van der Waals surface area contributed by atoms with E-state index in [1.54, 1.807) is 0 Å². The Hall–Kier alpha value is -1.64. The minimum atomic E-state index is -1.07. The van der Waals surface area contributed by atoms with Gasteiger partial charge >= 0.3 is 0 Å². The van der Waals surface area contributed by atoms with E-state index in [4.69, 9.17) is 4.74 Å². The highest BCUT2D eigenvalue weighted by Gasteiger charge is 2.70. The van der Waals surface area contributed by atoms with Gasteiger partial charge in [-0.2, -0.15) is 0 Å². The third-order valence-corrected chi connectivity index (χ3v) is 5.38. The van der Waals surface area contributed by atoms with Gasteiger partial charge in [-0.1, -0.05) is 67.6 Å².